The Balaban J connectivity index is 1.76. The zero-order valence-electron chi connectivity index (χ0n) is 22.5. The number of carboxylic acids is 1. The Bertz CT molecular complexity index is 1580. The largest absolute Gasteiger partial charge is 0.478 e. The van der Waals surface area contributed by atoms with Gasteiger partial charge in [-0.15, -0.1) is 0 Å². The van der Waals surface area contributed by atoms with Gasteiger partial charge in [0.1, 0.15) is 23.1 Å². The maximum Gasteiger partial charge on any atom is 0.335 e. The minimum Gasteiger partial charge on any atom is -0.478 e. The first-order valence-electron chi connectivity index (χ1n) is 13.0. The number of nitrogens with zero attached hydrogens (tertiary/aromatic N) is 3. The van der Waals surface area contributed by atoms with E-state index in [9.17, 15) is 20.0 Å². The van der Waals surface area contributed by atoms with Gasteiger partial charge in [-0.3, -0.25) is 14.6 Å². The molecule has 2 saturated heterocycles. The topological polar surface area (TPSA) is 84.6 Å². The van der Waals surface area contributed by atoms with E-state index in [0.717, 1.165) is 6.07 Å². The average molecular weight is 598 g/mol. The number of aromatic carboxylic acids is 1. The van der Waals surface area contributed by atoms with E-state index in [-0.39, 0.29) is 38.8 Å². The molecule has 10 heteroatoms. The SMILES string of the molecule is CC(C)(C)CC1N2CN(c3ccc(C(=O)O)cc3)C(=O)[C@H]2C(c2cccc(Cl)c2F)[C@@]1(C#N)c1ccc(Cl)cc1F. The van der Waals surface area contributed by atoms with E-state index in [1.807, 2.05) is 25.7 Å². The summed E-state index contributed by atoms with van der Waals surface area (Å²) in [5.41, 5.74) is -1.48. The van der Waals surface area contributed by atoms with Crippen molar-refractivity contribution in [1.82, 2.24) is 4.90 Å². The van der Waals surface area contributed by atoms with Crippen molar-refractivity contribution in [1.29, 1.82) is 5.26 Å². The van der Waals surface area contributed by atoms with Crippen LogP contribution in [-0.2, 0) is 10.2 Å². The van der Waals surface area contributed by atoms with Crippen LogP contribution in [0.4, 0.5) is 14.5 Å². The Morgan fingerprint density at radius 3 is 2.39 bits per heavy atom. The van der Waals surface area contributed by atoms with E-state index in [1.165, 1.54) is 53.4 Å². The van der Waals surface area contributed by atoms with E-state index in [4.69, 9.17) is 23.2 Å². The number of hydrogen-bond donors (Lipinski definition) is 1. The summed E-state index contributed by atoms with van der Waals surface area (Å²) in [6.07, 6.45) is 0.372. The minimum absolute atomic E-state index is 0.0302. The lowest BCUT2D eigenvalue weighted by atomic mass is 9.62. The highest BCUT2D eigenvalue weighted by Gasteiger charge is 2.67. The van der Waals surface area contributed by atoms with Gasteiger partial charge in [0.15, 0.2) is 0 Å². The summed E-state index contributed by atoms with van der Waals surface area (Å²) in [5, 5.41) is 20.3. The summed E-state index contributed by atoms with van der Waals surface area (Å²) < 4.78 is 31.7. The summed E-state index contributed by atoms with van der Waals surface area (Å²) in [6.45, 7) is 5.98. The van der Waals surface area contributed by atoms with Gasteiger partial charge < -0.3 is 5.11 Å². The third-order valence-corrected chi connectivity index (χ3v) is 8.55. The molecule has 5 rings (SSSR count). The lowest BCUT2D eigenvalue weighted by Crippen LogP contribution is -2.48. The van der Waals surface area contributed by atoms with E-state index in [1.54, 1.807) is 6.07 Å². The van der Waals surface area contributed by atoms with Gasteiger partial charge in [0.05, 0.1) is 23.3 Å². The van der Waals surface area contributed by atoms with Crippen molar-refractivity contribution in [2.45, 2.75) is 50.6 Å². The first kappa shape index (κ1) is 29.0. The highest BCUT2D eigenvalue weighted by molar-refractivity contribution is 6.31. The first-order valence-corrected chi connectivity index (χ1v) is 13.8. The quantitative estimate of drug-likeness (QED) is 0.342. The molecular weight excluding hydrogens is 571 g/mol. The minimum atomic E-state index is -1.69. The molecule has 0 aromatic heterocycles. The number of carboxylic acid groups (broad SMARTS) is 1. The van der Waals surface area contributed by atoms with Gasteiger partial charge in [0.2, 0.25) is 5.91 Å². The van der Waals surface area contributed by atoms with Crippen molar-refractivity contribution in [3.8, 4) is 6.07 Å². The molecule has 1 N–H and O–H groups in total. The Morgan fingerprint density at radius 2 is 1.80 bits per heavy atom. The molecule has 0 aliphatic carbocycles. The van der Waals surface area contributed by atoms with Crippen LogP contribution in [0.1, 0.15) is 54.6 Å². The number of hydrogen-bond acceptors (Lipinski definition) is 4. The predicted molar refractivity (Wildman–Crippen MR) is 152 cm³/mol. The van der Waals surface area contributed by atoms with E-state index < -0.39 is 46.9 Å². The Morgan fingerprint density at radius 1 is 1.12 bits per heavy atom. The van der Waals surface area contributed by atoms with Crippen LogP contribution in [0, 0.1) is 28.4 Å². The normalized spacial score (nSPS) is 24.4. The monoisotopic (exact) mass is 597 g/mol. The van der Waals surface area contributed by atoms with Gasteiger partial charge >= 0.3 is 5.97 Å². The molecule has 2 aliphatic rings. The van der Waals surface area contributed by atoms with Crippen LogP contribution in [0.25, 0.3) is 0 Å². The number of carbonyl (C=O) groups is 2. The van der Waals surface area contributed by atoms with Gasteiger partial charge in [0, 0.05) is 28.2 Å². The Kier molecular flexibility index (Phi) is 7.35. The van der Waals surface area contributed by atoms with Crippen LogP contribution in [0.15, 0.2) is 60.7 Å². The predicted octanol–water partition coefficient (Wildman–Crippen LogP) is 7.01. The van der Waals surface area contributed by atoms with Crippen LogP contribution < -0.4 is 4.90 Å². The second kappa shape index (κ2) is 10.4. The fourth-order valence-corrected chi connectivity index (χ4v) is 6.71. The van der Waals surface area contributed by atoms with Crippen LogP contribution in [0.2, 0.25) is 10.0 Å². The third-order valence-electron chi connectivity index (χ3n) is 8.02. The zero-order chi connectivity index (χ0) is 29.9. The van der Waals surface area contributed by atoms with Crippen molar-refractivity contribution < 1.29 is 23.5 Å². The maximum absolute atomic E-state index is 15.8. The Hall–Kier alpha value is -3.51. The molecular formula is C31H27Cl2F2N3O3. The highest BCUT2D eigenvalue weighted by atomic mass is 35.5. The molecule has 0 saturated carbocycles. The van der Waals surface area contributed by atoms with Gasteiger partial charge in [0.25, 0.3) is 0 Å². The molecule has 41 heavy (non-hydrogen) atoms. The molecule has 3 aromatic carbocycles. The van der Waals surface area contributed by atoms with Crippen LogP contribution >= 0.6 is 23.2 Å². The molecule has 6 nitrogen and oxygen atoms in total. The van der Waals surface area contributed by atoms with Gasteiger partial charge in [-0.1, -0.05) is 62.2 Å². The third kappa shape index (κ3) is 4.76. The molecule has 0 radical (unpaired) electrons. The molecule has 212 valence electrons. The van der Waals surface area contributed by atoms with E-state index in [0.29, 0.717) is 12.1 Å². The maximum atomic E-state index is 15.8. The fourth-order valence-electron chi connectivity index (χ4n) is 6.37. The first-order chi connectivity index (χ1) is 19.3. The molecule has 0 bridgehead atoms. The van der Waals surface area contributed by atoms with Crippen molar-refractivity contribution >= 4 is 40.8 Å². The number of fused-ring (bicyclic) bond motifs is 1. The average Bonchev–Trinajstić information content (AvgIpc) is 3.37. The number of amides is 1. The lowest BCUT2D eigenvalue weighted by Gasteiger charge is -2.40. The van der Waals surface area contributed by atoms with Crippen molar-refractivity contribution in [2.24, 2.45) is 5.41 Å². The lowest BCUT2D eigenvalue weighted by molar-refractivity contribution is -0.119. The van der Waals surface area contributed by atoms with Crippen LogP contribution in [0.3, 0.4) is 0 Å². The molecule has 1 amide bonds. The van der Waals surface area contributed by atoms with Crippen molar-refractivity contribution in [3.63, 3.8) is 0 Å². The standard InChI is InChI=1S/C31H27Cl2F2N3O3/c1-30(2,3)14-24-31(15-36,21-12-9-18(32)13-23(21)34)25(20-5-4-6-22(33)26(20)35)27-28(39)37(16-38(24)27)19-10-7-17(8-11-19)29(40)41/h4-13,24-25,27H,14,16H2,1-3H3,(H,40,41)/t24?,25?,27-,31+/m1/s1. The van der Waals surface area contributed by atoms with Gasteiger partial charge in [-0.2, -0.15) is 5.26 Å². The number of benzene rings is 3. The fraction of sp³-hybridized carbons (Fsp3) is 0.323. The van der Waals surface area contributed by atoms with Crippen LogP contribution in [0.5, 0.6) is 0 Å². The summed E-state index contributed by atoms with van der Waals surface area (Å²) >= 11 is 12.3. The summed E-state index contributed by atoms with van der Waals surface area (Å²) in [6, 6.07) is 15.0. The number of nitriles is 1. The molecule has 0 spiro atoms. The second-order valence-corrected chi connectivity index (χ2v) is 12.6. The van der Waals surface area contributed by atoms with E-state index in [2.05, 4.69) is 6.07 Å². The van der Waals surface area contributed by atoms with Gasteiger partial charge in [-0.05, 0) is 59.9 Å². The number of rotatable bonds is 5. The zero-order valence-corrected chi connectivity index (χ0v) is 24.0. The Labute approximate surface area is 246 Å². The molecule has 2 fully saturated rings. The molecule has 2 unspecified atom stereocenters. The summed E-state index contributed by atoms with van der Waals surface area (Å²) in [7, 11) is 0. The number of halogens is 4. The molecule has 2 aliphatic heterocycles. The molecule has 3 aromatic rings. The van der Waals surface area contributed by atoms with Crippen LogP contribution in [-0.4, -0.2) is 40.6 Å². The number of carbonyl (C=O) groups excluding carboxylic acids is 1. The van der Waals surface area contributed by atoms with Crippen molar-refractivity contribution in [3.05, 3.63) is 99.0 Å². The molecule has 4 atom stereocenters. The second-order valence-electron chi connectivity index (χ2n) is 11.7. The summed E-state index contributed by atoms with van der Waals surface area (Å²) in [4.78, 5) is 29.0. The number of anilines is 1. The highest BCUT2D eigenvalue weighted by Crippen LogP contribution is 2.58. The smallest absolute Gasteiger partial charge is 0.335 e. The van der Waals surface area contributed by atoms with E-state index >= 15 is 8.78 Å². The van der Waals surface area contributed by atoms with Gasteiger partial charge in [-0.25, -0.2) is 13.6 Å². The van der Waals surface area contributed by atoms with Crippen molar-refractivity contribution in [2.75, 3.05) is 11.6 Å². The summed E-state index contributed by atoms with van der Waals surface area (Å²) in [5.74, 6) is -4.15. The molecule has 2 heterocycles.